The van der Waals surface area contributed by atoms with Gasteiger partial charge in [-0.3, -0.25) is 4.98 Å². The van der Waals surface area contributed by atoms with Crippen molar-refractivity contribution in [3.05, 3.63) is 65.9 Å². The van der Waals surface area contributed by atoms with Gasteiger partial charge < -0.3 is 4.98 Å². The van der Waals surface area contributed by atoms with Crippen molar-refractivity contribution in [1.29, 1.82) is 0 Å². The first-order valence-electron chi connectivity index (χ1n) is 7.01. The lowest BCUT2D eigenvalue weighted by atomic mass is 10.1. The molecule has 1 N–H and O–H groups in total. The number of fused-ring (bicyclic) bond motifs is 2. The number of hydrogen-bond donors (Lipinski definition) is 1. The van der Waals surface area contributed by atoms with Crippen LogP contribution >= 0.6 is 11.8 Å². The maximum Gasteiger partial charge on any atom is 0.166 e. The van der Waals surface area contributed by atoms with Gasteiger partial charge in [-0.25, -0.2) is 13.8 Å². The van der Waals surface area contributed by atoms with Crippen LogP contribution in [0.5, 0.6) is 0 Å². The summed E-state index contributed by atoms with van der Waals surface area (Å²) >= 11 is 1.47. The molecular formula is C17H11F2N3S. The van der Waals surface area contributed by atoms with E-state index in [0.29, 0.717) is 21.9 Å². The Labute approximate surface area is 134 Å². The molecule has 0 saturated heterocycles. The molecule has 4 rings (SSSR count). The number of benzene rings is 2. The smallest absolute Gasteiger partial charge is 0.166 e. The average molecular weight is 327 g/mol. The first kappa shape index (κ1) is 14.1. The number of para-hydroxylation sites is 1. The topological polar surface area (TPSA) is 41.6 Å². The largest absolute Gasteiger partial charge is 0.333 e. The number of nitrogens with one attached hydrogen (secondary N) is 1. The van der Waals surface area contributed by atoms with Crippen LogP contribution in [-0.4, -0.2) is 15.0 Å². The van der Waals surface area contributed by atoms with Gasteiger partial charge in [0.1, 0.15) is 0 Å². The first-order chi connectivity index (χ1) is 11.2. The minimum Gasteiger partial charge on any atom is -0.333 e. The molecule has 0 saturated carbocycles. The van der Waals surface area contributed by atoms with Crippen LogP contribution in [0.25, 0.3) is 21.9 Å². The van der Waals surface area contributed by atoms with Gasteiger partial charge in [-0.05, 0) is 11.6 Å². The number of hydrogen-bond acceptors (Lipinski definition) is 3. The summed E-state index contributed by atoms with van der Waals surface area (Å²) in [6.45, 7) is 0. The highest BCUT2D eigenvalue weighted by atomic mass is 32.2. The Morgan fingerprint density at radius 3 is 2.78 bits per heavy atom. The van der Waals surface area contributed by atoms with Crippen LogP contribution in [0, 0.1) is 11.6 Å². The zero-order valence-electron chi connectivity index (χ0n) is 11.9. The van der Waals surface area contributed by atoms with Crippen molar-refractivity contribution < 1.29 is 8.78 Å². The summed E-state index contributed by atoms with van der Waals surface area (Å²) in [5, 5.41) is 1.71. The van der Waals surface area contributed by atoms with Crippen molar-refractivity contribution in [2.75, 3.05) is 0 Å². The van der Waals surface area contributed by atoms with E-state index in [4.69, 9.17) is 0 Å². The molecule has 0 spiro atoms. The zero-order chi connectivity index (χ0) is 15.8. The number of halogens is 2. The summed E-state index contributed by atoms with van der Waals surface area (Å²) in [4.78, 5) is 11.7. The van der Waals surface area contributed by atoms with E-state index in [1.165, 1.54) is 11.8 Å². The average Bonchev–Trinajstić information content (AvgIpc) is 2.95. The molecule has 0 aliphatic heterocycles. The lowest BCUT2D eigenvalue weighted by Crippen LogP contribution is -1.87. The quantitative estimate of drug-likeness (QED) is 0.555. The highest BCUT2D eigenvalue weighted by molar-refractivity contribution is 7.98. The van der Waals surface area contributed by atoms with E-state index in [1.807, 2.05) is 30.3 Å². The molecule has 0 amide bonds. The van der Waals surface area contributed by atoms with Crippen molar-refractivity contribution in [1.82, 2.24) is 15.0 Å². The predicted molar refractivity (Wildman–Crippen MR) is 87.3 cm³/mol. The van der Waals surface area contributed by atoms with Gasteiger partial charge in [0, 0.05) is 29.5 Å². The second kappa shape index (κ2) is 5.62. The van der Waals surface area contributed by atoms with E-state index in [9.17, 15) is 8.78 Å². The molecule has 3 nitrogen and oxygen atoms in total. The van der Waals surface area contributed by atoms with Gasteiger partial charge in [0.15, 0.2) is 16.8 Å². The van der Waals surface area contributed by atoms with E-state index < -0.39 is 11.6 Å². The zero-order valence-corrected chi connectivity index (χ0v) is 12.7. The van der Waals surface area contributed by atoms with Gasteiger partial charge in [-0.2, -0.15) is 0 Å². The van der Waals surface area contributed by atoms with Gasteiger partial charge >= 0.3 is 0 Å². The first-order valence-corrected chi connectivity index (χ1v) is 7.99. The summed E-state index contributed by atoms with van der Waals surface area (Å²) in [5.74, 6) is -1.10. The number of thioether (sulfide) groups is 1. The fraction of sp³-hybridized carbons (Fsp3) is 0.0588. The van der Waals surface area contributed by atoms with Crippen molar-refractivity contribution in [3.8, 4) is 0 Å². The third-order valence-electron chi connectivity index (χ3n) is 3.58. The van der Waals surface area contributed by atoms with Crippen LogP contribution in [0.3, 0.4) is 0 Å². The lowest BCUT2D eigenvalue weighted by molar-refractivity contribution is 0.510. The normalized spacial score (nSPS) is 11.4. The molecule has 0 aliphatic rings. The van der Waals surface area contributed by atoms with E-state index in [2.05, 4.69) is 15.0 Å². The molecule has 0 radical (unpaired) electrons. The van der Waals surface area contributed by atoms with Crippen LogP contribution in [0.1, 0.15) is 5.56 Å². The Balaban J connectivity index is 1.63. The van der Waals surface area contributed by atoms with E-state index >= 15 is 0 Å². The van der Waals surface area contributed by atoms with E-state index in [1.54, 1.807) is 6.20 Å². The number of rotatable bonds is 3. The molecule has 0 unspecified atom stereocenters. The van der Waals surface area contributed by atoms with Crippen LogP contribution < -0.4 is 0 Å². The van der Waals surface area contributed by atoms with Crippen molar-refractivity contribution in [3.63, 3.8) is 0 Å². The molecule has 0 fully saturated rings. The third-order valence-corrected chi connectivity index (χ3v) is 4.51. The maximum atomic E-state index is 13.2. The molecule has 0 aliphatic carbocycles. The minimum absolute atomic E-state index is 0.419. The SMILES string of the molecule is Fc1cc2nc(SCc3cccc4cccnc34)[nH]c2cc1F. The molecule has 114 valence electrons. The molecule has 0 atom stereocenters. The fourth-order valence-corrected chi connectivity index (χ4v) is 3.35. The maximum absolute atomic E-state index is 13.2. The second-order valence-electron chi connectivity index (χ2n) is 5.11. The van der Waals surface area contributed by atoms with Crippen LogP contribution in [0.15, 0.2) is 53.8 Å². The van der Waals surface area contributed by atoms with E-state index in [0.717, 1.165) is 28.6 Å². The van der Waals surface area contributed by atoms with Crippen molar-refractivity contribution in [2.24, 2.45) is 0 Å². The Kier molecular flexibility index (Phi) is 3.46. The van der Waals surface area contributed by atoms with Gasteiger partial charge in [-0.1, -0.05) is 36.0 Å². The monoisotopic (exact) mass is 327 g/mol. The van der Waals surface area contributed by atoms with Gasteiger partial charge in [-0.15, -0.1) is 0 Å². The highest BCUT2D eigenvalue weighted by Crippen LogP contribution is 2.27. The Bertz CT molecular complexity index is 969. The molecule has 0 bridgehead atoms. The summed E-state index contributed by atoms with van der Waals surface area (Å²) in [5.41, 5.74) is 2.95. The van der Waals surface area contributed by atoms with Gasteiger partial charge in [0.05, 0.1) is 16.6 Å². The Hall–Kier alpha value is -2.47. The number of aromatic amines is 1. The number of aromatic nitrogens is 3. The Morgan fingerprint density at radius 1 is 1.04 bits per heavy atom. The summed E-state index contributed by atoms with van der Waals surface area (Å²) in [7, 11) is 0. The minimum atomic E-state index is -0.890. The van der Waals surface area contributed by atoms with Crippen molar-refractivity contribution >= 4 is 33.7 Å². The standard InChI is InChI=1S/C17H11F2N3S/c18-12-7-14-15(8-13(12)19)22-17(21-14)23-9-11-4-1-3-10-5-2-6-20-16(10)11/h1-8H,9H2,(H,21,22). The molecule has 2 heterocycles. The number of nitrogens with zero attached hydrogens (tertiary/aromatic N) is 2. The predicted octanol–water partition coefficient (Wildman–Crippen LogP) is 4.68. The molecule has 4 aromatic rings. The number of H-pyrrole nitrogens is 1. The number of pyridine rings is 1. The van der Waals surface area contributed by atoms with Crippen LogP contribution in [0.4, 0.5) is 8.78 Å². The molecular weight excluding hydrogens is 316 g/mol. The fourth-order valence-electron chi connectivity index (χ4n) is 2.48. The summed E-state index contributed by atoms with van der Waals surface area (Å²) < 4.78 is 26.5. The second-order valence-corrected chi connectivity index (χ2v) is 6.07. The van der Waals surface area contributed by atoms with Crippen molar-refractivity contribution in [2.45, 2.75) is 10.9 Å². The lowest BCUT2D eigenvalue weighted by Gasteiger charge is -2.03. The van der Waals surface area contributed by atoms with Crippen LogP contribution in [-0.2, 0) is 5.75 Å². The van der Waals surface area contributed by atoms with Gasteiger partial charge in [0.25, 0.3) is 0 Å². The highest BCUT2D eigenvalue weighted by Gasteiger charge is 2.10. The summed E-state index contributed by atoms with van der Waals surface area (Å²) in [6.07, 6.45) is 1.77. The number of imidazole rings is 1. The molecule has 6 heteroatoms. The summed E-state index contributed by atoms with van der Waals surface area (Å²) in [6, 6.07) is 12.2. The Morgan fingerprint density at radius 2 is 1.87 bits per heavy atom. The van der Waals surface area contributed by atoms with E-state index in [-0.39, 0.29) is 0 Å². The molecule has 2 aromatic carbocycles. The van der Waals surface area contributed by atoms with Crippen LogP contribution in [0.2, 0.25) is 0 Å². The molecule has 2 aromatic heterocycles. The van der Waals surface area contributed by atoms with Gasteiger partial charge in [0.2, 0.25) is 0 Å². The third kappa shape index (κ3) is 2.66. The molecule has 23 heavy (non-hydrogen) atoms.